The van der Waals surface area contributed by atoms with Crippen LogP contribution in [0.3, 0.4) is 0 Å². The quantitative estimate of drug-likeness (QED) is 0.581. The second-order valence-electron chi connectivity index (χ2n) is 5.86. The third kappa shape index (κ3) is 6.82. The van der Waals surface area contributed by atoms with Crippen molar-refractivity contribution in [3.63, 3.8) is 0 Å². The third-order valence-corrected chi connectivity index (χ3v) is 3.52. The molecule has 2 rings (SSSR count). The number of amides is 3. The normalized spacial score (nSPS) is 11.4. The molecule has 1 heterocycles. The molecule has 1 aromatic heterocycles. The molecule has 0 aliphatic rings. The maximum atomic E-state index is 11.9. The van der Waals surface area contributed by atoms with Crippen molar-refractivity contribution >= 4 is 11.9 Å². The summed E-state index contributed by atoms with van der Waals surface area (Å²) in [6, 6.07) is 10.6. The van der Waals surface area contributed by atoms with Gasteiger partial charge in [0.15, 0.2) is 6.54 Å². The molecule has 0 saturated carbocycles. The van der Waals surface area contributed by atoms with Crippen LogP contribution in [0, 0.1) is 0 Å². The van der Waals surface area contributed by atoms with E-state index in [1.807, 2.05) is 31.3 Å². The molecule has 26 heavy (non-hydrogen) atoms. The van der Waals surface area contributed by atoms with Crippen LogP contribution in [0.5, 0.6) is 5.75 Å². The molecule has 0 saturated heterocycles. The van der Waals surface area contributed by atoms with Gasteiger partial charge in [0.2, 0.25) is 0 Å². The van der Waals surface area contributed by atoms with E-state index in [1.165, 1.54) is 6.26 Å². The van der Waals surface area contributed by atoms with E-state index < -0.39 is 6.03 Å². The van der Waals surface area contributed by atoms with Crippen molar-refractivity contribution in [1.82, 2.24) is 10.6 Å². The topological polar surface area (TPSA) is 85.0 Å². The lowest BCUT2D eigenvalue weighted by atomic mass is 10.2. The first-order valence-corrected chi connectivity index (χ1v) is 8.31. The molecule has 138 valence electrons. The molecule has 3 N–H and O–H groups in total. The first-order chi connectivity index (χ1) is 12.6. The Bertz CT molecular complexity index is 711. The maximum Gasteiger partial charge on any atom is 0.321 e. The number of quaternary nitrogens is 1. The highest BCUT2D eigenvalue weighted by Gasteiger charge is 2.13. The number of hydrogen-bond donors (Lipinski definition) is 3. The van der Waals surface area contributed by atoms with Crippen LogP contribution < -0.4 is 20.3 Å². The molecule has 0 bridgehead atoms. The van der Waals surface area contributed by atoms with Crippen LogP contribution in [-0.2, 0) is 17.9 Å². The maximum absolute atomic E-state index is 11.9. The van der Waals surface area contributed by atoms with E-state index in [-0.39, 0.29) is 19.0 Å². The highest BCUT2D eigenvalue weighted by atomic mass is 16.5. The molecule has 0 fully saturated rings. The van der Waals surface area contributed by atoms with Gasteiger partial charge in [0.1, 0.15) is 24.7 Å². The van der Waals surface area contributed by atoms with Gasteiger partial charge in [-0.1, -0.05) is 12.7 Å². The first kappa shape index (κ1) is 19.3. The summed E-state index contributed by atoms with van der Waals surface area (Å²) < 4.78 is 10.5. The number of benzene rings is 1. The molecule has 0 radical (unpaired) electrons. The molecule has 3 amide bonds. The van der Waals surface area contributed by atoms with Gasteiger partial charge >= 0.3 is 6.03 Å². The number of hydrogen-bond acceptors (Lipinski definition) is 4. The summed E-state index contributed by atoms with van der Waals surface area (Å²) in [4.78, 5) is 24.6. The second-order valence-corrected chi connectivity index (χ2v) is 5.86. The monoisotopic (exact) mass is 358 g/mol. The SMILES string of the molecule is C=CCOc1ccc(C[NH+](C)CC(=O)NC(=O)NCc2ccco2)cc1. The van der Waals surface area contributed by atoms with Crippen molar-refractivity contribution in [2.45, 2.75) is 13.1 Å². The summed E-state index contributed by atoms with van der Waals surface area (Å²) in [7, 11) is 1.89. The zero-order valence-electron chi connectivity index (χ0n) is 14.8. The van der Waals surface area contributed by atoms with Crippen LogP contribution >= 0.6 is 0 Å². The van der Waals surface area contributed by atoms with Gasteiger partial charge in [0.25, 0.3) is 5.91 Å². The Hall–Kier alpha value is -3.06. The van der Waals surface area contributed by atoms with Gasteiger partial charge in [0, 0.05) is 5.56 Å². The summed E-state index contributed by atoms with van der Waals surface area (Å²) in [5.74, 6) is 1.05. The minimum Gasteiger partial charge on any atom is -0.490 e. The zero-order valence-corrected chi connectivity index (χ0v) is 14.8. The Morgan fingerprint density at radius 3 is 2.69 bits per heavy atom. The molecule has 0 aliphatic heterocycles. The van der Waals surface area contributed by atoms with Crippen molar-refractivity contribution in [3.8, 4) is 5.75 Å². The summed E-state index contributed by atoms with van der Waals surface area (Å²) >= 11 is 0. The van der Waals surface area contributed by atoms with Crippen LogP contribution in [-0.4, -0.2) is 32.1 Å². The first-order valence-electron chi connectivity index (χ1n) is 8.31. The van der Waals surface area contributed by atoms with Crippen LogP contribution in [0.1, 0.15) is 11.3 Å². The smallest absolute Gasteiger partial charge is 0.321 e. The van der Waals surface area contributed by atoms with Crippen molar-refractivity contribution < 1.29 is 23.6 Å². The number of imide groups is 1. The number of carbonyl (C=O) groups excluding carboxylic acids is 2. The largest absolute Gasteiger partial charge is 0.490 e. The van der Waals surface area contributed by atoms with Gasteiger partial charge in [-0.25, -0.2) is 4.79 Å². The lowest BCUT2D eigenvalue weighted by Gasteiger charge is -2.14. The predicted octanol–water partition coefficient (Wildman–Crippen LogP) is 0.885. The van der Waals surface area contributed by atoms with Gasteiger partial charge in [-0.15, -0.1) is 0 Å². The van der Waals surface area contributed by atoms with E-state index in [0.717, 1.165) is 16.2 Å². The average Bonchev–Trinajstić information content (AvgIpc) is 3.12. The summed E-state index contributed by atoms with van der Waals surface area (Å²) in [5.41, 5.74) is 1.07. The van der Waals surface area contributed by atoms with E-state index in [9.17, 15) is 9.59 Å². The minimum atomic E-state index is -0.539. The molecule has 7 heteroatoms. The van der Waals surface area contributed by atoms with E-state index in [0.29, 0.717) is 18.9 Å². The summed E-state index contributed by atoms with van der Waals surface area (Å²) in [6.45, 7) is 5.14. The van der Waals surface area contributed by atoms with Gasteiger partial charge in [-0.05, 0) is 36.4 Å². The van der Waals surface area contributed by atoms with Crippen LogP contribution in [0.25, 0.3) is 0 Å². The lowest BCUT2D eigenvalue weighted by Crippen LogP contribution is -3.09. The van der Waals surface area contributed by atoms with E-state index in [2.05, 4.69) is 17.2 Å². The van der Waals surface area contributed by atoms with Gasteiger partial charge < -0.3 is 19.4 Å². The number of furan rings is 1. The van der Waals surface area contributed by atoms with Crippen molar-refractivity contribution in [1.29, 1.82) is 0 Å². The summed E-state index contributed by atoms with van der Waals surface area (Å²) in [6.07, 6.45) is 3.21. The Kier molecular flexibility index (Phi) is 7.45. The Morgan fingerprint density at radius 2 is 2.04 bits per heavy atom. The fourth-order valence-corrected chi connectivity index (χ4v) is 2.34. The molecule has 0 aliphatic carbocycles. The van der Waals surface area contributed by atoms with E-state index in [4.69, 9.17) is 9.15 Å². The fraction of sp³-hybridized carbons (Fsp3) is 0.263. The number of nitrogens with one attached hydrogen (secondary N) is 3. The van der Waals surface area contributed by atoms with Crippen molar-refractivity contribution in [2.75, 3.05) is 20.2 Å². The molecule has 7 nitrogen and oxygen atoms in total. The molecule has 1 atom stereocenters. The third-order valence-electron chi connectivity index (χ3n) is 3.52. The van der Waals surface area contributed by atoms with Crippen molar-refractivity contribution in [3.05, 3.63) is 66.6 Å². The molecule has 0 spiro atoms. The number of ether oxygens (including phenoxy) is 1. The minimum absolute atomic E-state index is 0.183. The Balaban J connectivity index is 1.70. The standard InChI is InChI=1S/C19H23N3O4/c1-3-10-25-16-8-6-15(7-9-16)13-22(2)14-18(23)21-19(24)20-12-17-5-4-11-26-17/h3-9,11H,1,10,12-14H2,2H3,(H2,20,21,23,24)/p+1. The van der Waals surface area contributed by atoms with Crippen molar-refractivity contribution in [2.24, 2.45) is 0 Å². The molecular weight excluding hydrogens is 334 g/mol. The number of rotatable bonds is 9. The van der Waals surface area contributed by atoms with Gasteiger partial charge in [0.05, 0.1) is 19.9 Å². The average molecular weight is 358 g/mol. The highest BCUT2D eigenvalue weighted by Crippen LogP contribution is 2.11. The van der Waals surface area contributed by atoms with Crippen LogP contribution in [0.15, 0.2) is 59.7 Å². The van der Waals surface area contributed by atoms with E-state index >= 15 is 0 Å². The Morgan fingerprint density at radius 1 is 1.27 bits per heavy atom. The van der Waals surface area contributed by atoms with Gasteiger partial charge in [-0.2, -0.15) is 0 Å². The molecule has 1 unspecified atom stereocenters. The van der Waals surface area contributed by atoms with Crippen LogP contribution in [0.4, 0.5) is 4.79 Å². The molecular formula is C19H24N3O4+. The predicted molar refractivity (Wildman–Crippen MR) is 96.7 cm³/mol. The van der Waals surface area contributed by atoms with Crippen LogP contribution in [0.2, 0.25) is 0 Å². The summed E-state index contributed by atoms with van der Waals surface area (Å²) in [5, 5.41) is 4.88. The fourth-order valence-electron chi connectivity index (χ4n) is 2.34. The number of urea groups is 1. The van der Waals surface area contributed by atoms with E-state index in [1.54, 1.807) is 18.2 Å². The Labute approximate surface area is 152 Å². The van der Waals surface area contributed by atoms with Gasteiger partial charge in [-0.3, -0.25) is 10.1 Å². The second kappa shape index (κ2) is 10.0. The number of likely N-dealkylation sites (N-methyl/N-ethyl adjacent to an activating group) is 1. The number of carbonyl (C=O) groups is 2. The lowest BCUT2D eigenvalue weighted by molar-refractivity contribution is -0.885. The highest BCUT2D eigenvalue weighted by molar-refractivity contribution is 5.94. The molecule has 1 aromatic carbocycles. The molecule has 2 aromatic rings. The zero-order chi connectivity index (χ0) is 18.8.